The summed E-state index contributed by atoms with van der Waals surface area (Å²) in [5.41, 5.74) is 0.120. The molecule has 1 heterocycles. The molecule has 0 saturated carbocycles. The second-order valence-electron chi connectivity index (χ2n) is 6.38. The molecule has 1 N–H and O–H groups in total. The van der Waals surface area contributed by atoms with E-state index in [0.29, 0.717) is 18.5 Å². The molecule has 20 heavy (non-hydrogen) atoms. The average Bonchev–Trinajstić information content (AvgIpc) is 2.43. The number of nitrogens with one attached hydrogen (secondary N) is 1. The van der Waals surface area contributed by atoms with Crippen molar-refractivity contribution in [2.45, 2.75) is 58.5 Å². The largest absolute Gasteiger partial charge is 0.311 e. The minimum atomic E-state index is -2.90. The van der Waals surface area contributed by atoms with Crippen LogP contribution >= 0.6 is 0 Å². The molecule has 120 valence electrons. The zero-order valence-electron chi connectivity index (χ0n) is 13.8. The van der Waals surface area contributed by atoms with Gasteiger partial charge in [0.1, 0.15) is 9.84 Å². The Morgan fingerprint density at radius 2 is 1.90 bits per heavy atom. The van der Waals surface area contributed by atoms with Crippen molar-refractivity contribution in [3.8, 4) is 0 Å². The normalized spacial score (nSPS) is 25.6. The van der Waals surface area contributed by atoms with Crippen molar-refractivity contribution in [3.63, 3.8) is 0 Å². The standard InChI is InChI=1S/C15H32N2O2S/c1-6-13(4)14-11-17(9-10-20(5,18)19)15(7-2,8-3)12-16-14/h13-14,16H,6-12H2,1-5H3. The van der Waals surface area contributed by atoms with Gasteiger partial charge in [-0.1, -0.05) is 34.1 Å². The van der Waals surface area contributed by atoms with Crippen LogP contribution in [0.15, 0.2) is 0 Å². The SMILES string of the molecule is CCC(C)C1CN(CCS(C)(=O)=O)C(CC)(CC)CN1. The van der Waals surface area contributed by atoms with Gasteiger partial charge in [0.25, 0.3) is 0 Å². The van der Waals surface area contributed by atoms with Crippen molar-refractivity contribution < 1.29 is 8.42 Å². The fourth-order valence-electron chi connectivity index (χ4n) is 3.15. The highest BCUT2D eigenvalue weighted by atomic mass is 32.2. The molecule has 0 aromatic rings. The highest BCUT2D eigenvalue weighted by Gasteiger charge is 2.39. The van der Waals surface area contributed by atoms with Crippen molar-refractivity contribution in [2.75, 3.05) is 31.6 Å². The van der Waals surface area contributed by atoms with Crippen LogP contribution in [-0.2, 0) is 9.84 Å². The molecule has 2 unspecified atom stereocenters. The van der Waals surface area contributed by atoms with Crippen LogP contribution in [0, 0.1) is 5.92 Å². The van der Waals surface area contributed by atoms with Gasteiger partial charge in [0, 0.05) is 37.5 Å². The molecule has 1 rings (SSSR count). The lowest BCUT2D eigenvalue weighted by Gasteiger charge is -2.51. The summed E-state index contributed by atoms with van der Waals surface area (Å²) in [6, 6.07) is 0.478. The number of hydrogen-bond donors (Lipinski definition) is 1. The van der Waals surface area contributed by atoms with Gasteiger partial charge in [0.05, 0.1) is 5.75 Å². The Hall–Kier alpha value is -0.130. The molecule has 1 aliphatic heterocycles. The van der Waals surface area contributed by atoms with Gasteiger partial charge in [-0.3, -0.25) is 4.90 Å². The first kappa shape index (κ1) is 17.9. The van der Waals surface area contributed by atoms with E-state index in [9.17, 15) is 8.42 Å². The van der Waals surface area contributed by atoms with E-state index >= 15 is 0 Å². The molecule has 0 spiro atoms. The third kappa shape index (κ3) is 4.43. The lowest BCUT2D eigenvalue weighted by molar-refractivity contribution is 0.0255. The number of nitrogens with zero attached hydrogens (tertiary/aromatic N) is 1. The predicted molar refractivity (Wildman–Crippen MR) is 85.8 cm³/mol. The van der Waals surface area contributed by atoms with Gasteiger partial charge in [-0.25, -0.2) is 8.42 Å². The van der Waals surface area contributed by atoms with Gasteiger partial charge >= 0.3 is 0 Å². The molecule has 4 nitrogen and oxygen atoms in total. The summed E-state index contributed by atoms with van der Waals surface area (Å²) >= 11 is 0. The summed E-state index contributed by atoms with van der Waals surface area (Å²) in [6.07, 6.45) is 4.62. The Kier molecular flexibility index (Phi) is 6.48. The summed E-state index contributed by atoms with van der Waals surface area (Å²) in [6.45, 7) is 11.5. The molecular formula is C15H32N2O2S. The molecular weight excluding hydrogens is 272 g/mol. The van der Waals surface area contributed by atoms with E-state index in [-0.39, 0.29) is 11.3 Å². The van der Waals surface area contributed by atoms with Crippen LogP contribution < -0.4 is 5.32 Å². The summed E-state index contributed by atoms with van der Waals surface area (Å²) in [7, 11) is -2.90. The average molecular weight is 305 g/mol. The molecule has 0 aromatic heterocycles. The van der Waals surface area contributed by atoms with E-state index in [1.807, 2.05) is 0 Å². The smallest absolute Gasteiger partial charge is 0.148 e. The van der Waals surface area contributed by atoms with E-state index in [1.165, 1.54) is 6.26 Å². The number of hydrogen-bond acceptors (Lipinski definition) is 4. The summed E-state index contributed by atoms with van der Waals surface area (Å²) in [5, 5.41) is 3.70. The predicted octanol–water partition coefficient (Wildman–Crippen LogP) is 1.91. The fourth-order valence-corrected chi connectivity index (χ4v) is 3.70. The van der Waals surface area contributed by atoms with E-state index in [1.54, 1.807) is 0 Å². The minimum Gasteiger partial charge on any atom is -0.311 e. The van der Waals surface area contributed by atoms with Gasteiger partial charge in [-0.15, -0.1) is 0 Å². The van der Waals surface area contributed by atoms with Crippen molar-refractivity contribution in [2.24, 2.45) is 5.92 Å². The highest BCUT2D eigenvalue weighted by molar-refractivity contribution is 7.90. The Bertz CT molecular complexity index is 391. The fraction of sp³-hybridized carbons (Fsp3) is 1.00. The van der Waals surface area contributed by atoms with E-state index in [0.717, 1.165) is 32.4 Å². The van der Waals surface area contributed by atoms with Gasteiger partial charge in [0.2, 0.25) is 0 Å². The van der Waals surface area contributed by atoms with Crippen molar-refractivity contribution >= 4 is 9.84 Å². The molecule has 2 atom stereocenters. The third-order valence-electron chi connectivity index (χ3n) is 5.16. The number of sulfone groups is 1. The van der Waals surface area contributed by atoms with Crippen LogP contribution in [0.5, 0.6) is 0 Å². The third-order valence-corrected chi connectivity index (χ3v) is 6.08. The first-order valence-corrected chi connectivity index (χ1v) is 10.00. The first-order chi connectivity index (χ1) is 9.28. The lowest BCUT2D eigenvalue weighted by atomic mass is 9.84. The lowest BCUT2D eigenvalue weighted by Crippen LogP contribution is -2.66. The maximum atomic E-state index is 11.5. The summed E-state index contributed by atoms with van der Waals surface area (Å²) < 4.78 is 23.0. The van der Waals surface area contributed by atoms with Crippen molar-refractivity contribution in [1.29, 1.82) is 0 Å². The van der Waals surface area contributed by atoms with Crippen LogP contribution in [0.1, 0.15) is 47.0 Å². The molecule has 0 aromatic carbocycles. The second kappa shape index (κ2) is 7.23. The molecule has 0 aliphatic carbocycles. The van der Waals surface area contributed by atoms with Gasteiger partial charge < -0.3 is 5.32 Å². The zero-order chi connectivity index (χ0) is 15.4. The van der Waals surface area contributed by atoms with Crippen LogP contribution in [0.2, 0.25) is 0 Å². The monoisotopic (exact) mass is 304 g/mol. The Labute approximate surface area is 125 Å². The molecule has 1 saturated heterocycles. The Balaban J connectivity index is 2.83. The first-order valence-electron chi connectivity index (χ1n) is 7.94. The maximum absolute atomic E-state index is 11.5. The van der Waals surface area contributed by atoms with Crippen LogP contribution in [0.4, 0.5) is 0 Å². The topological polar surface area (TPSA) is 49.4 Å². The van der Waals surface area contributed by atoms with Crippen LogP contribution in [0.3, 0.4) is 0 Å². The quantitative estimate of drug-likeness (QED) is 0.780. The Morgan fingerprint density at radius 3 is 2.35 bits per heavy atom. The molecule has 1 aliphatic rings. The molecule has 5 heteroatoms. The Morgan fingerprint density at radius 1 is 1.30 bits per heavy atom. The van der Waals surface area contributed by atoms with Crippen LogP contribution in [-0.4, -0.2) is 56.5 Å². The number of piperazine rings is 1. The molecule has 0 radical (unpaired) electrons. The minimum absolute atomic E-state index is 0.120. The van der Waals surface area contributed by atoms with E-state index in [4.69, 9.17) is 0 Å². The van der Waals surface area contributed by atoms with E-state index < -0.39 is 9.84 Å². The molecule has 0 amide bonds. The summed E-state index contributed by atoms with van der Waals surface area (Å²) in [5.74, 6) is 0.893. The van der Waals surface area contributed by atoms with E-state index in [2.05, 4.69) is 37.9 Å². The van der Waals surface area contributed by atoms with Gasteiger partial charge in [-0.2, -0.15) is 0 Å². The second-order valence-corrected chi connectivity index (χ2v) is 8.64. The highest BCUT2D eigenvalue weighted by Crippen LogP contribution is 2.28. The molecule has 0 bridgehead atoms. The van der Waals surface area contributed by atoms with Gasteiger partial charge in [-0.05, 0) is 18.8 Å². The van der Waals surface area contributed by atoms with Gasteiger partial charge in [0.15, 0.2) is 0 Å². The van der Waals surface area contributed by atoms with Crippen molar-refractivity contribution in [3.05, 3.63) is 0 Å². The summed E-state index contributed by atoms with van der Waals surface area (Å²) in [4.78, 5) is 2.43. The molecule has 1 fully saturated rings. The zero-order valence-corrected chi connectivity index (χ0v) is 14.6. The van der Waals surface area contributed by atoms with Crippen LogP contribution in [0.25, 0.3) is 0 Å². The maximum Gasteiger partial charge on any atom is 0.148 e. The number of rotatable bonds is 7. The van der Waals surface area contributed by atoms with Crippen molar-refractivity contribution in [1.82, 2.24) is 10.2 Å².